The van der Waals surface area contributed by atoms with Crippen LogP contribution >= 0.6 is 0 Å². The first-order valence-corrected chi connectivity index (χ1v) is 12.7. The molecular weight excluding hydrogens is 426 g/mol. The van der Waals surface area contributed by atoms with Gasteiger partial charge in [-0.1, -0.05) is 55.4 Å². The van der Waals surface area contributed by atoms with Gasteiger partial charge in [0.25, 0.3) is 0 Å². The lowest BCUT2D eigenvalue weighted by atomic mass is 9.76. The highest BCUT2D eigenvalue weighted by Crippen LogP contribution is 2.34. The summed E-state index contributed by atoms with van der Waals surface area (Å²) in [5, 5.41) is 8.90. The molecule has 6 heteroatoms. The lowest BCUT2D eigenvalue weighted by Gasteiger charge is -2.30. The van der Waals surface area contributed by atoms with Crippen LogP contribution in [0.1, 0.15) is 93.9 Å². The van der Waals surface area contributed by atoms with Crippen molar-refractivity contribution in [2.45, 2.75) is 93.9 Å². The number of benzene rings is 1. The van der Waals surface area contributed by atoms with Crippen molar-refractivity contribution >= 4 is 34.8 Å². The van der Waals surface area contributed by atoms with Crippen LogP contribution in [0.25, 0.3) is 0 Å². The summed E-state index contributed by atoms with van der Waals surface area (Å²) < 4.78 is 0. The maximum atomic E-state index is 13.0. The third kappa shape index (κ3) is 9.86. The van der Waals surface area contributed by atoms with Crippen LogP contribution in [0.3, 0.4) is 0 Å². The third-order valence-electron chi connectivity index (χ3n) is 6.24. The number of carbonyl (C=O) groups excluding carboxylic acids is 3. The van der Waals surface area contributed by atoms with Gasteiger partial charge in [-0.15, -0.1) is 0 Å². The van der Waals surface area contributed by atoms with Crippen LogP contribution < -0.4 is 16.0 Å². The Morgan fingerprint density at radius 1 is 0.735 bits per heavy atom. The zero-order chi connectivity index (χ0) is 25.7. The molecule has 190 valence electrons. The highest BCUT2D eigenvalue weighted by atomic mass is 16.2. The van der Waals surface area contributed by atoms with Gasteiger partial charge in [0.15, 0.2) is 0 Å². The number of rotatable bonds is 7. The molecule has 1 saturated carbocycles. The number of nitrogens with one attached hydrogen (secondary N) is 3. The first-order chi connectivity index (χ1) is 15.6. The van der Waals surface area contributed by atoms with Crippen LogP contribution in [0.4, 0.5) is 17.1 Å². The standard InChI is InChI=1S/C28H45N3O3/c1-18(2)19-9-11-20(12-10-19)26(34)31-23-14-21(29-24(32)16-27(3,4)5)13-22(15-23)30-25(33)17-28(6,7)8/h13-15,18-20H,9-12,16-17H2,1-8H3,(H,29,32)(H,30,33)(H,31,34). The largest absolute Gasteiger partial charge is 0.326 e. The Bertz CT molecular complexity index is 822. The second-order valence-corrected chi connectivity index (χ2v) is 12.7. The molecule has 1 aromatic carbocycles. The van der Waals surface area contributed by atoms with Gasteiger partial charge in [-0.05, 0) is 66.5 Å². The molecule has 0 aliphatic heterocycles. The fourth-order valence-corrected chi connectivity index (χ4v) is 4.51. The molecule has 1 aliphatic rings. The van der Waals surface area contributed by atoms with Crippen LogP contribution in [0, 0.1) is 28.6 Å². The molecule has 2 rings (SSSR count). The van der Waals surface area contributed by atoms with Crippen molar-refractivity contribution in [3.05, 3.63) is 18.2 Å². The van der Waals surface area contributed by atoms with Crippen molar-refractivity contribution < 1.29 is 14.4 Å². The molecule has 34 heavy (non-hydrogen) atoms. The number of anilines is 3. The summed E-state index contributed by atoms with van der Waals surface area (Å²) >= 11 is 0. The predicted octanol–water partition coefficient (Wildman–Crippen LogP) is 6.84. The van der Waals surface area contributed by atoms with Gasteiger partial charge in [0.2, 0.25) is 17.7 Å². The van der Waals surface area contributed by atoms with E-state index < -0.39 is 0 Å². The molecule has 0 aromatic heterocycles. The Balaban J connectivity index is 2.17. The molecule has 0 saturated heterocycles. The topological polar surface area (TPSA) is 87.3 Å². The van der Waals surface area contributed by atoms with E-state index >= 15 is 0 Å². The van der Waals surface area contributed by atoms with Crippen molar-refractivity contribution in [3.63, 3.8) is 0 Å². The molecule has 0 heterocycles. The number of hydrogen-bond donors (Lipinski definition) is 3. The molecule has 1 aliphatic carbocycles. The van der Waals surface area contributed by atoms with Crippen LogP contribution in [-0.4, -0.2) is 17.7 Å². The minimum absolute atomic E-state index is 0.00642. The molecule has 0 unspecified atom stereocenters. The van der Waals surface area contributed by atoms with Gasteiger partial charge < -0.3 is 16.0 Å². The van der Waals surface area contributed by atoms with E-state index in [-0.39, 0.29) is 34.5 Å². The SMILES string of the molecule is CC(C)C1CCC(C(=O)Nc2cc(NC(=O)CC(C)(C)C)cc(NC(=O)CC(C)(C)C)c2)CC1. The molecule has 0 bridgehead atoms. The molecular formula is C28H45N3O3. The van der Waals surface area contributed by atoms with Crippen LogP contribution in [-0.2, 0) is 14.4 Å². The summed E-state index contributed by atoms with van der Waals surface area (Å²) in [5.41, 5.74) is 1.40. The zero-order valence-electron chi connectivity index (χ0n) is 22.4. The Hall–Kier alpha value is -2.37. The summed E-state index contributed by atoms with van der Waals surface area (Å²) in [6.45, 7) is 16.6. The Kier molecular flexibility index (Phi) is 9.32. The molecule has 3 amide bonds. The minimum atomic E-state index is -0.144. The van der Waals surface area contributed by atoms with E-state index in [0.29, 0.717) is 41.7 Å². The molecule has 0 spiro atoms. The maximum Gasteiger partial charge on any atom is 0.227 e. The summed E-state index contributed by atoms with van der Waals surface area (Å²) in [6.07, 6.45) is 4.68. The first kappa shape index (κ1) is 27.9. The average Bonchev–Trinajstić information content (AvgIpc) is 2.64. The monoisotopic (exact) mass is 471 g/mol. The van der Waals surface area contributed by atoms with E-state index in [4.69, 9.17) is 0 Å². The molecule has 1 fully saturated rings. The minimum Gasteiger partial charge on any atom is -0.326 e. The number of amides is 3. The quantitative estimate of drug-likeness (QED) is 0.407. The van der Waals surface area contributed by atoms with Gasteiger partial charge in [-0.25, -0.2) is 0 Å². The van der Waals surface area contributed by atoms with Gasteiger partial charge in [0.1, 0.15) is 0 Å². The van der Waals surface area contributed by atoms with E-state index in [0.717, 1.165) is 25.7 Å². The fraction of sp³-hybridized carbons (Fsp3) is 0.679. The fourth-order valence-electron chi connectivity index (χ4n) is 4.51. The molecule has 0 radical (unpaired) electrons. The van der Waals surface area contributed by atoms with Crippen molar-refractivity contribution in [2.24, 2.45) is 28.6 Å². The average molecular weight is 472 g/mol. The van der Waals surface area contributed by atoms with Gasteiger partial charge in [-0.3, -0.25) is 14.4 Å². The van der Waals surface area contributed by atoms with Crippen molar-refractivity contribution in [1.82, 2.24) is 0 Å². The van der Waals surface area contributed by atoms with Crippen molar-refractivity contribution in [2.75, 3.05) is 16.0 Å². The van der Waals surface area contributed by atoms with Crippen LogP contribution in [0.15, 0.2) is 18.2 Å². The molecule has 6 nitrogen and oxygen atoms in total. The van der Waals surface area contributed by atoms with E-state index in [1.54, 1.807) is 18.2 Å². The highest BCUT2D eigenvalue weighted by molar-refractivity contribution is 5.98. The van der Waals surface area contributed by atoms with Crippen LogP contribution in [0.2, 0.25) is 0 Å². The Labute approximate surface area is 206 Å². The van der Waals surface area contributed by atoms with Gasteiger partial charge in [0.05, 0.1) is 0 Å². The molecule has 0 atom stereocenters. The zero-order valence-corrected chi connectivity index (χ0v) is 22.4. The lowest BCUT2D eigenvalue weighted by molar-refractivity contribution is -0.121. The smallest absolute Gasteiger partial charge is 0.227 e. The predicted molar refractivity (Wildman–Crippen MR) is 141 cm³/mol. The first-order valence-electron chi connectivity index (χ1n) is 12.7. The summed E-state index contributed by atoms with van der Waals surface area (Å²) in [6, 6.07) is 5.26. The normalized spacial score (nSPS) is 19.0. The van der Waals surface area contributed by atoms with Crippen molar-refractivity contribution in [1.29, 1.82) is 0 Å². The van der Waals surface area contributed by atoms with E-state index in [1.807, 2.05) is 41.5 Å². The van der Waals surface area contributed by atoms with Gasteiger partial charge >= 0.3 is 0 Å². The summed E-state index contributed by atoms with van der Waals surface area (Å²) in [5.74, 6) is 1.14. The third-order valence-corrected chi connectivity index (χ3v) is 6.24. The van der Waals surface area contributed by atoms with Crippen LogP contribution in [0.5, 0.6) is 0 Å². The molecule has 1 aromatic rings. The second-order valence-electron chi connectivity index (χ2n) is 12.7. The summed E-state index contributed by atoms with van der Waals surface area (Å²) in [7, 11) is 0. The Morgan fingerprint density at radius 3 is 1.47 bits per heavy atom. The second kappa shape index (κ2) is 11.4. The maximum absolute atomic E-state index is 13.0. The number of hydrogen-bond acceptors (Lipinski definition) is 3. The van der Waals surface area contributed by atoms with Crippen molar-refractivity contribution in [3.8, 4) is 0 Å². The van der Waals surface area contributed by atoms with Gasteiger partial charge in [-0.2, -0.15) is 0 Å². The van der Waals surface area contributed by atoms with E-state index in [9.17, 15) is 14.4 Å². The Morgan fingerprint density at radius 2 is 1.12 bits per heavy atom. The summed E-state index contributed by atoms with van der Waals surface area (Å²) in [4.78, 5) is 38.1. The van der Waals surface area contributed by atoms with Gasteiger partial charge in [0, 0.05) is 35.8 Å². The van der Waals surface area contributed by atoms with E-state index in [2.05, 4.69) is 29.8 Å². The highest BCUT2D eigenvalue weighted by Gasteiger charge is 2.28. The van der Waals surface area contributed by atoms with E-state index in [1.165, 1.54) is 0 Å². The number of carbonyl (C=O) groups is 3. The molecule has 3 N–H and O–H groups in total. The lowest BCUT2D eigenvalue weighted by Crippen LogP contribution is -2.28.